The van der Waals surface area contributed by atoms with E-state index in [1.54, 1.807) is 0 Å². The summed E-state index contributed by atoms with van der Waals surface area (Å²) in [6, 6.07) is 32.1. The van der Waals surface area contributed by atoms with Crippen molar-refractivity contribution in [2.45, 2.75) is 23.6 Å². The zero-order valence-corrected chi connectivity index (χ0v) is 17.2. The van der Waals surface area contributed by atoms with Crippen LogP contribution in [-0.4, -0.2) is 0 Å². The van der Waals surface area contributed by atoms with Gasteiger partial charge < -0.3 is 0 Å². The summed E-state index contributed by atoms with van der Waals surface area (Å²) < 4.78 is -0.302. The molecule has 3 aromatic carbocycles. The summed E-state index contributed by atoms with van der Waals surface area (Å²) in [7, 11) is 0. The largest absolute Gasteiger partial charge is 0.153 e. The molecule has 0 saturated heterocycles. The lowest BCUT2D eigenvalue weighted by Crippen LogP contribution is -2.41. The number of alkyl halides is 1. The van der Waals surface area contributed by atoms with Gasteiger partial charge >= 0.3 is 0 Å². The lowest BCUT2D eigenvalue weighted by molar-refractivity contribution is 0.429. The molecule has 3 aromatic rings. The van der Waals surface area contributed by atoms with E-state index in [9.17, 15) is 0 Å². The predicted molar refractivity (Wildman–Crippen MR) is 113 cm³/mol. The predicted octanol–water partition coefficient (Wildman–Crippen LogP) is 6.36. The van der Waals surface area contributed by atoms with Gasteiger partial charge in [0.2, 0.25) is 0 Å². The van der Waals surface area contributed by atoms with Crippen molar-refractivity contribution in [2.24, 2.45) is 0 Å². The second-order valence-corrected chi connectivity index (χ2v) is 7.57. The molecule has 0 radical (unpaired) electrons. The quantitative estimate of drug-likeness (QED) is 0.354. The summed E-state index contributed by atoms with van der Waals surface area (Å²) in [6.07, 6.45) is 0. The van der Waals surface area contributed by atoms with E-state index in [1.807, 2.05) is 0 Å². The van der Waals surface area contributed by atoms with E-state index < -0.39 is 0 Å². The fraction of sp³-hybridized carbons (Fsp3) is 0.182. The van der Waals surface area contributed by atoms with Gasteiger partial charge in [0.05, 0.1) is 4.32 Å². The third-order valence-corrected chi connectivity index (χ3v) is 6.61. The molecule has 0 nitrogen and oxygen atoms in total. The molecule has 0 saturated carbocycles. The average molecular weight is 399 g/mol. The molecule has 1 unspecified atom stereocenters. The Labute approximate surface area is 157 Å². The first-order valence-corrected chi connectivity index (χ1v) is 8.71. The maximum Gasteiger partial charge on any atom is 0.0845 e. The van der Waals surface area contributed by atoms with E-state index in [1.165, 1.54) is 16.7 Å². The van der Waals surface area contributed by atoms with Crippen LogP contribution in [0.25, 0.3) is 0 Å². The second kappa shape index (κ2) is 7.64. The SMILES string of the molecule is CC(C)(c1ccccc1)C(Br)(c1ccccc1)c1ccccc1.P. The minimum Gasteiger partial charge on any atom is -0.153 e. The third kappa shape index (κ3) is 3.21. The molecule has 0 aromatic heterocycles. The van der Waals surface area contributed by atoms with Crippen molar-refractivity contribution < 1.29 is 0 Å². The number of rotatable bonds is 4. The highest BCUT2D eigenvalue weighted by atomic mass is 79.9. The fourth-order valence-electron chi connectivity index (χ4n) is 3.28. The van der Waals surface area contributed by atoms with Gasteiger partial charge in [-0.2, -0.15) is 9.90 Å². The van der Waals surface area contributed by atoms with Crippen molar-refractivity contribution in [3.05, 3.63) is 108 Å². The molecule has 0 spiro atoms. The van der Waals surface area contributed by atoms with Gasteiger partial charge in [0.1, 0.15) is 0 Å². The molecule has 0 aliphatic heterocycles. The highest BCUT2D eigenvalue weighted by molar-refractivity contribution is 9.09. The Morgan fingerprint density at radius 2 is 0.833 bits per heavy atom. The van der Waals surface area contributed by atoms with Crippen LogP contribution >= 0.6 is 25.8 Å². The number of benzene rings is 3. The summed E-state index contributed by atoms with van der Waals surface area (Å²) in [5.41, 5.74) is 3.71. The number of halogens is 1. The Bertz CT molecular complexity index is 712. The minimum atomic E-state index is -0.302. The van der Waals surface area contributed by atoms with Gasteiger partial charge in [0.25, 0.3) is 0 Å². The van der Waals surface area contributed by atoms with Crippen molar-refractivity contribution in [1.29, 1.82) is 0 Å². The Hall–Kier alpha value is -1.43. The first-order valence-electron chi connectivity index (χ1n) is 7.92. The first kappa shape index (κ1) is 18.9. The van der Waals surface area contributed by atoms with Crippen LogP contribution < -0.4 is 0 Å². The maximum atomic E-state index is 4.16. The molecule has 0 heterocycles. The Kier molecular flexibility index (Phi) is 6.01. The summed E-state index contributed by atoms with van der Waals surface area (Å²) in [6.45, 7) is 4.61. The third-order valence-electron chi connectivity index (χ3n) is 4.70. The molecular weight excluding hydrogens is 375 g/mol. The highest BCUT2D eigenvalue weighted by Crippen LogP contribution is 2.53. The number of hydrogen-bond donors (Lipinski definition) is 0. The molecule has 3 rings (SSSR count). The van der Waals surface area contributed by atoms with E-state index in [-0.39, 0.29) is 19.6 Å². The van der Waals surface area contributed by atoms with Gasteiger partial charge in [-0.3, -0.25) is 0 Å². The molecule has 0 N–H and O–H groups in total. The summed E-state index contributed by atoms with van der Waals surface area (Å²) >= 11 is 4.16. The topological polar surface area (TPSA) is 0 Å². The van der Waals surface area contributed by atoms with Crippen LogP contribution in [-0.2, 0) is 9.74 Å². The summed E-state index contributed by atoms with van der Waals surface area (Å²) in [4.78, 5) is 0. The minimum absolute atomic E-state index is 0. The lowest BCUT2D eigenvalue weighted by Gasteiger charge is -2.44. The first-order chi connectivity index (χ1) is 11.1. The van der Waals surface area contributed by atoms with Crippen molar-refractivity contribution >= 4 is 25.8 Å². The molecular formula is C22H24BrP. The Balaban J connectivity index is 0.00000208. The van der Waals surface area contributed by atoms with E-state index >= 15 is 0 Å². The molecule has 0 aliphatic carbocycles. The van der Waals surface area contributed by atoms with Crippen LogP contribution in [0.5, 0.6) is 0 Å². The van der Waals surface area contributed by atoms with Gasteiger partial charge in [0.15, 0.2) is 0 Å². The van der Waals surface area contributed by atoms with E-state index in [4.69, 9.17) is 0 Å². The van der Waals surface area contributed by atoms with Crippen LogP contribution in [0, 0.1) is 0 Å². The monoisotopic (exact) mass is 398 g/mol. The molecule has 0 bridgehead atoms. The van der Waals surface area contributed by atoms with E-state index in [2.05, 4.69) is 121 Å². The maximum absolute atomic E-state index is 4.16. The summed E-state index contributed by atoms with van der Waals surface area (Å²) in [5.74, 6) is 0. The molecule has 2 heteroatoms. The zero-order valence-electron chi connectivity index (χ0n) is 14.2. The molecule has 0 aliphatic rings. The summed E-state index contributed by atoms with van der Waals surface area (Å²) in [5, 5.41) is 0. The highest BCUT2D eigenvalue weighted by Gasteiger charge is 2.46. The molecule has 24 heavy (non-hydrogen) atoms. The molecule has 0 amide bonds. The van der Waals surface area contributed by atoms with Crippen molar-refractivity contribution in [1.82, 2.24) is 0 Å². The van der Waals surface area contributed by atoms with Gasteiger partial charge in [-0.25, -0.2) is 0 Å². The zero-order chi connectivity index (χ0) is 16.3. The van der Waals surface area contributed by atoms with Gasteiger partial charge in [-0.05, 0) is 16.7 Å². The molecule has 1 atom stereocenters. The second-order valence-electron chi connectivity index (χ2n) is 6.38. The van der Waals surface area contributed by atoms with Crippen LogP contribution in [0.2, 0.25) is 0 Å². The van der Waals surface area contributed by atoms with Crippen LogP contribution in [0.4, 0.5) is 0 Å². The van der Waals surface area contributed by atoms with Gasteiger partial charge in [-0.1, -0.05) is 121 Å². The normalized spacial score (nSPS) is 11.6. The van der Waals surface area contributed by atoms with Crippen LogP contribution in [0.1, 0.15) is 30.5 Å². The lowest BCUT2D eigenvalue weighted by atomic mass is 9.67. The molecule has 124 valence electrons. The average Bonchev–Trinajstić information content (AvgIpc) is 2.63. The van der Waals surface area contributed by atoms with E-state index in [0.717, 1.165) is 0 Å². The van der Waals surface area contributed by atoms with Gasteiger partial charge in [-0.15, -0.1) is 0 Å². The smallest absolute Gasteiger partial charge is 0.0845 e. The molecule has 0 fully saturated rings. The van der Waals surface area contributed by atoms with Crippen LogP contribution in [0.3, 0.4) is 0 Å². The standard InChI is InChI=1S/C22H21Br.H3P/c1-21(2,18-12-6-3-7-13-18)22(23,19-14-8-4-9-15-19)20-16-10-5-11-17-20;/h3-17H,1-2H3;1H3. The van der Waals surface area contributed by atoms with Crippen molar-refractivity contribution in [3.63, 3.8) is 0 Å². The van der Waals surface area contributed by atoms with Gasteiger partial charge in [0, 0.05) is 5.41 Å². The van der Waals surface area contributed by atoms with Crippen LogP contribution in [0.15, 0.2) is 91.0 Å². The van der Waals surface area contributed by atoms with Crippen molar-refractivity contribution in [3.8, 4) is 0 Å². The Morgan fingerprint density at radius 3 is 1.17 bits per heavy atom. The van der Waals surface area contributed by atoms with Crippen molar-refractivity contribution in [2.75, 3.05) is 0 Å². The Morgan fingerprint density at radius 1 is 0.542 bits per heavy atom. The fourth-order valence-corrected chi connectivity index (χ4v) is 4.04. The number of hydrogen-bond acceptors (Lipinski definition) is 0. The van der Waals surface area contributed by atoms with E-state index in [0.29, 0.717) is 0 Å².